The zero-order chi connectivity index (χ0) is 32.9. The molecule has 11 heteroatoms. The highest BCUT2D eigenvalue weighted by Crippen LogP contribution is 2.21. The van der Waals surface area contributed by atoms with E-state index in [0.717, 1.165) is 17.0 Å². The quantitative estimate of drug-likeness (QED) is 0.307. The summed E-state index contributed by atoms with van der Waals surface area (Å²) in [5.74, 6) is -0.835. The van der Waals surface area contributed by atoms with Crippen LogP contribution in [0, 0.1) is 5.92 Å². The second kappa shape index (κ2) is 21.2. The van der Waals surface area contributed by atoms with E-state index in [1.54, 1.807) is 36.4 Å². The Labute approximate surface area is 255 Å². The molecule has 5 N–H and O–H groups in total. The van der Waals surface area contributed by atoms with Crippen molar-refractivity contribution in [3.05, 3.63) is 70.8 Å². The van der Waals surface area contributed by atoms with Gasteiger partial charge < -0.3 is 26.6 Å². The highest BCUT2D eigenvalue weighted by molar-refractivity contribution is 6.00. The lowest BCUT2D eigenvalue weighted by Gasteiger charge is -2.18. The zero-order valence-electron chi connectivity index (χ0n) is 26.4. The minimum atomic E-state index is -0.776. The minimum absolute atomic E-state index is 0.0705. The first-order valence-corrected chi connectivity index (χ1v) is 14.3. The number of amides is 5. The number of Topliss-reactive ketones (excluding diaryl/α,β-unsaturated/α-hetero) is 1. The first-order valence-electron chi connectivity index (χ1n) is 14.3. The molecule has 11 nitrogen and oxygen atoms in total. The molecule has 1 aliphatic rings. The van der Waals surface area contributed by atoms with Gasteiger partial charge in [0.2, 0.25) is 24.1 Å². The number of nitrogens with two attached hydrogens (primary N) is 1. The number of carbonyl (C=O) groups excluding carboxylic acids is 6. The standard InChI is InChI=1S/C16H19N3O4.C9H10N2O2.C4H10.C3H8/c1-10(20)7-17-15(22)11(2)18-14(21)9-19-8-12-5-3-4-6-13(12)16(19)23;10-9(13)8-3-1-7(2-4-8)5-11-6-12;1-4(2)3;1-3-2/h3-6,11H,7-9H2,1-2H3,(H,17,22)(H,18,21);1-4,6H,5H2,(H2,10,13)(H,11,12);4H,1-3H3;3H2,1-2H3/t11-;;;/m0.../s1. The van der Waals surface area contributed by atoms with E-state index < -0.39 is 23.8 Å². The summed E-state index contributed by atoms with van der Waals surface area (Å²) >= 11 is 0. The van der Waals surface area contributed by atoms with Crippen molar-refractivity contribution in [3.8, 4) is 0 Å². The molecule has 43 heavy (non-hydrogen) atoms. The molecule has 0 unspecified atom stereocenters. The summed E-state index contributed by atoms with van der Waals surface area (Å²) in [6.07, 6.45) is 1.88. The maximum atomic E-state index is 12.2. The van der Waals surface area contributed by atoms with Gasteiger partial charge in [-0.2, -0.15) is 0 Å². The van der Waals surface area contributed by atoms with Crippen molar-refractivity contribution >= 4 is 35.8 Å². The lowest BCUT2D eigenvalue weighted by molar-refractivity contribution is -0.129. The van der Waals surface area contributed by atoms with Crippen molar-refractivity contribution in [3.63, 3.8) is 0 Å². The van der Waals surface area contributed by atoms with Gasteiger partial charge in [-0.1, -0.05) is 71.4 Å². The summed E-state index contributed by atoms with van der Waals surface area (Å²) in [6.45, 7) is 14.3. The van der Waals surface area contributed by atoms with Crippen molar-refractivity contribution < 1.29 is 28.8 Å². The van der Waals surface area contributed by atoms with Crippen LogP contribution in [0.4, 0.5) is 0 Å². The first-order chi connectivity index (χ1) is 20.3. The normalized spacial score (nSPS) is 11.6. The van der Waals surface area contributed by atoms with Crippen LogP contribution in [0.3, 0.4) is 0 Å². The first kappa shape index (κ1) is 38.5. The molecular weight excluding hydrogens is 550 g/mol. The Balaban J connectivity index is 0.000000739. The minimum Gasteiger partial charge on any atom is -0.366 e. The molecule has 1 atom stereocenters. The summed E-state index contributed by atoms with van der Waals surface area (Å²) in [5.41, 5.74) is 7.94. The molecule has 1 heterocycles. The SMILES string of the molecule is CC(=O)CNC(=O)[C@H](C)NC(=O)CN1Cc2ccccc2C1=O.CC(C)C.CCC.NC(=O)c1ccc(CNC=O)cc1. The Morgan fingerprint density at radius 1 is 0.977 bits per heavy atom. The number of rotatable bonds is 10. The van der Waals surface area contributed by atoms with Gasteiger partial charge in [0.1, 0.15) is 18.4 Å². The highest BCUT2D eigenvalue weighted by atomic mass is 16.2. The molecule has 0 spiro atoms. The average Bonchev–Trinajstić information content (AvgIpc) is 3.25. The van der Waals surface area contributed by atoms with Crippen molar-refractivity contribution in [1.82, 2.24) is 20.9 Å². The number of nitrogens with one attached hydrogen (secondary N) is 3. The van der Waals surface area contributed by atoms with Gasteiger partial charge >= 0.3 is 0 Å². The van der Waals surface area contributed by atoms with Gasteiger partial charge in [-0.25, -0.2) is 0 Å². The number of primary amides is 1. The number of ketones is 1. The Kier molecular flexibility index (Phi) is 19.0. The molecule has 0 aliphatic carbocycles. The third kappa shape index (κ3) is 16.5. The molecule has 1 aliphatic heterocycles. The van der Waals surface area contributed by atoms with Crippen molar-refractivity contribution in [2.75, 3.05) is 13.1 Å². The molecule has 5 amide bonds. The molecular formula is C32H47N5O6. The Morgan fingerprint density at radius 2 is 1.53 bits per heavy atom. The van der Waals surface area contributed by atoms with E-state index in [0.29, 0.717) is 30.6 Å². The Hall–Kier alpha value is -4.54. The van der Waals surface area contributed by atoms with Gasteiger partial charge in [0, 0.05) is 24.2 Å². The summed E-state index contributed by atoms with van der Waals surface area (Å²) in [4.78, 5) is 68.8. The van der Waals surface area contributed by atoms with Crippen LogP contribution in [0.15, 0.2) is 48.5 Å². The van der Waals surface area contributed by atoms with E-state index in [1.165, 1.54) is 25.2 Å². The monoisotopic (exact) mass is 597 g/mol. The van der Waals surface area contributed by atoms with Gasteiger partial charge in [0.05, 0.1) is 6.54 Å². The molecule has 0 aromatic heterocycles. The molecule has 0 radical (unpaired) electrons. The van der Waals surface area contributed by atoms with Gasteiger partial charge in [-0.3, -0.25) is 28.8 Å². The second-order valence-electron chi connectivity index (χ2n) is 10.5. The van der Waals surface area contributed by atoms with Gasteiger partial charge in [-0.15, -0.1) is 0 Å². The van der Waals surface area contributed by atoms with Crippen molar-refractivity contribution in [2.45, 2.75) is 74.0 Å². The number of benzene rings is 2. The third-order valence-electron chi connectivity index (χ3n) is 5.14. The molecule has 236 valence electrons. The van der Waals surface area contributed by atoms with E-state index in [9.17, 15) is 28.8 Å². The van der Waals surface area contributed by atoms with Gasteiger partial charge in [-0.05, 0) is 49.1 Å². The number of nitrogens with zero attached hydrogens (tertiary/aromatic N) is 1. The summed E-state index contributed by atoms with van der Waals surface area (Å²) in [6, 6.07) is 13.2. The number of hydrogen-bond acceptors (Lipinski definition) is 6. The lowest BCUT2D eigenvalue weighted by atomic mass is 10.1. The summed E-state index contributed by atoms with van der Waals surface area (Å²) in [5, 5.41) is 7.46. The van der Waals surface area contributed by atoms with E-state index in [1.807, 2.05) is 12.1 Å². The smallest absolute Gasteiger partial charge is 0.254 e. The van der Waals surface area contributed by atoms with Crippen LogP contribution in [-0.4, -0.2) is 59.9 Å². The predicted molar refractivity (Wildman–Crippen MR) is 167 cm³/mol. The lowest BCUT2D eigenvalue weighted by Crippen LogP contribution is -2.48. The van der Waals surface area contributed by atoms with E-state index in [4.69, 9.17) is 5.73 Å². The van der Waals surface area contributed by atoms with Crippen LogP contribution in [0.1, 0.15) is 86.7 Å². The molecule has 0 fully saturated rings. The fourth-order valence-corrected chi connectivity index (χ4v) is 3.28. The zero-order valence-corrected chi connectivity index (χ0v) is 26.4. The predicted octanol–water partition coefficient (Wildman–Crippen LogP) is 2.96. The number of fused-ring (bicyclic) bond motifs is 1. The Morgan fingerprint density at radius 3 is 2.02 bits per heavy atom. The van der Waals surface area contributed by atoms with Crippen LogP contribution >= 0.6 is 0 Å². The van der Waals surface area contributed by atoms with Crippen LogP contribution in [0.5, 0.6) is 0 Å². The van der Waals surface area contributed by atoms with Gasteiger partial charge in [0.25, 0.3) is 5.91 Å². The molecule has 0 saturated carbocycles. The summed E-state index contributed by atoms with van der Waals surface area (Å²) in [7, 11) is 0. The maximum absolute atomic E-state index is 12.2. The largest absolute Gasteiger partial charge is 0.366 e. The van der Waals surface area contributed by atoms with Crippen LogP contribution < -0.4 is 21.7 Å². The van der Waals surface area contributed by atoms with E-state index in [-0.39, 0.29) is 24.8 Å². The second-order valence-corrected chi connectivity index (χ2v) is 10.5. The highest BCUT2D eigenvalue weighted by Gasteiger charge is 2.28. The van der Waals surface area contributed by atoms with E-state index >= 15 is 0 Å². The molecule has 0 bridgehead atoms. The van der Waals surface area contributed by atoms with Crippen LogP contribution in [0.2, 0.25) is 0 Å². The number of hydrogen-bond donors (Lipinski definition) is 4. The summed E-state index contributed by atoms with van der Waals surface area (Å²) < 4.78 is 0. The Bertz CT molecular complexity index is 1190. The molecule has 2 aromatic rings. The third-order valence-corrected chi connectivity index (χ3v) is 5.14. The fraction of sp³-hybridized carbons (Fsp3) is 0.438. The maximum Gasteiger partial charge on any atom is 0.254 e. The average molecular weight is 598 g/mol. The van der Waals surface area contributed by atoms with Crippen LogP contribution in [0.25, 0.3) is 0 Å². The molecule has 2 aromatic carbocycles. The molecule has 3 rings (SSSR count). The molecule has 0 saturated heterocycles. The topological polar surface area (TPSA) is 168 Å². The van der Waals surface area contributed by atoms with Crippen molar-refractivity contribution in [2.24, 2.45) is 11.7 Å². The van der Waals surface area contributed by atoms with Crippen molar-refractivity contribution in [1.29, 1.82) is 0 Å². The van der Waals surface area contributed by atoms with E-state index in [2.05, 4.69) is 50.6 Å². The van der Waals surface area contributed by atoms with Gasteiger partial charge in [0.15, 0.2) is 0 Å². The fourth-order valence-electron chi connectivity index (χ4n) is 3.28. The van der Waals surface area contributed by atoms with Crippen LogP contribution in [-0.2, 0) is 32.3 Å². The number of carbonyl (C=O) groups is 6.